The summed E-state index contributed by atoms with van der Waals surface area (Å²) in [6.07, 6.45) is 3.86. The highest BCUT2D eigenvalue weighted by Gasteiger charge is 2.37. The van der Waals surface area contributed by atoms with Gasteiger partial charge in [-0.1, -0.05) is 12.1 Å². The zero-order valence-corrected chi connectivity index (χ0v) is 20.9. The Kier molecular flexibility index (Phi) is 7.73. The van der Waals surface area contributed by atoms with Crippen molar-refractivity contribution in [3.63, 3.8) is 0 Å². The zero-order chi connectivity index (χ0) is 26.0. The Balaban J connectivity index is 0.000000371. The summed E-state index contributed by atoms with van der Waals surface area (Å²) in [7, 11) is -7.15. The monoisotopic (exact) mass is 526 g/mol. The van der Waals surface area contributed by atoms with Gasteiger partial charge in [-0.05, 0) is 63.0 Å². The summed E-state index contributed by atoms with van der Waals surface area (Å²) < 4.78 is 65.2. The standard InChI is InChI=1S/C20H22N6P.CHF3O3S/c1-15-13-17(3)25(22-15)27(26-18(4)14-16(2)23-26)20-10-6-8-12-24(20)19-9-5-7-11-21-19;2-1(3,4)8(5,6)7/h5-14H,1-4H3;(H,5,6,7)/q+1;/p-1. The Morgan fingerprint density at radius 3 is 1.83 bits per heavy atom. The van der Waals surface area contributed by atoms with E-state index in [0.717, 1.165) is 34.0 Å². The zero-order valence-electron chi connectivity index (χ0n) is 19.2. The molecule has 0 aliphatic rings. The molecule has 14 heteroatoms. The summed E-state index contributed by atoms with van der Waals surface area (Å²) >= 11 is 0. The largest absolute Gasteiger partial charge is 0.741 e. The van der Waals surface area contributed by atoms with E-state index in [0.29, 0.717) is 0 Å². The quantitative estimate of drug-likeness (QED) is 0.175. The average molecular weight is 526 g/mol. The van der Waals surface area contributed by atoms with E-state index in [1.165, 1.54) is 0 Å². The molecule has 4 aromatic rings. The Bertz CT molecular complexity index is 1380. The van der Waals surface area contributed by atoms with Crippen molar-refractivity contribution in [1.82, 2.24) is 24.1 Å². The summed E-state index contributed by atoms with van der Waals surface area (Å²) in [5.41, 5.74) is -0.315. The molecule has 35 heavy (non-hydrogen) atoms. The highest BCUT2D eigenvalue weighted by Crippen LogP contribution is 2.38. The van der Waals surface area contributed by atoms with Crippen molar-refractivity contribution in [2.45, 2.75) is 33.2 Å². The lowest BCUT2D eigenvalue weighted by Crippen LogP contribution is -2.48. The van der Waals surface area contributed by atoms with Gasteiger partial charge in [0.2, 0.25) is 8.22 Å². The lowest BCUT2D eigenvalue weighted by atomic mass is 10.4. The Morgan fingerprint density at radius 1 is 0.914 bits per heavy atom. The van der Waals surface area contributed by atoms with E-state index in [-0.39, 0.29) is 0 Å². The summed E-state index contributed by atoms with van der Waals surface area (Å²) in [5.74, 6) is 0.878. The first-order valence-corrected chi connectivity index (χ1v) is 12.8. The van der Waals surface area contributed by atoms with Crippen molar-refractivity contribution in [1.29, 1.82) is 0 Å². The molecule has 0 saturated carbocycles. The van der Waals surface area contributed by atoms with Crippen LogP contribution < -0.4 is 10.0 Å². The van der Waals surface area contributed by atoms with E-state index in [9.17, 15) is 13.2 Å². The fraction of sp³-hybridized carbons (Fsp3) is 0.238. The maximum Gasteiger partial charge on any atom is 0.485 e. The number of aromatic nitrogens is 6. The lowest BCUT2D eigenvalue weighted by molar-refractivity contribution is -0.580. The van der Waals surface area contributed by atoms with E-state index in [1.807, 2.05) is 50.5 Å². The van der Waals surface area contributed by atoms with Gasteiger partial charge in [0, 0.05) is 17.5 Å². The number of alkyl halides is 3. The van der Waals surface area contributed by atoms with Crippen LogP contribution in [-0.4, -0.2) is 42.6 Å². The average Bonchev–Trinajstić information content (AvgIpc) is 3.28. The molecule has 9 nitrogen and oxygen atoms in total. The molecule has 4 heterocycles. The second-order valence-corrected chi connectivity index (χ2v) is 10.6. The second kappa shape index (κ2) is 10.2. The maximum atomic E-state index is 10.7. The van der Waals surface area contributed by atoms with Gasteiger partial charge in [0.15, 0.2) is 15.6 Å². The first-order chi connectivity index (χ1) is 16.3. The van der Waals surface area contributed by atoms with Gasteiger partial charge in [-0.3, -0.25) is 0 Å². The van der Waals surface area contributed by atoms with E-state index < -0.39 is 23.8 Å². The molecule has 0 spiro atoms. The van der Waals surface area contributed by atoms with Gasteiger partial charge in [0.1, 0.15) is 6.20 Å². The normalized spacial score (nSPS) is 11.9. The molecule has 0 N–H and O–H groups in total. The highest BCUT2D eigenvalue weighted by atomic mass is 32.2. The third kappa shape index (κ3) is 6.11. The van der Waals surface area contributed by atoms with Crippen molar-refractivity contribution in [2.75, 3.05) is 0 Å². The van der Waals surface area contributed by atoms with Crippen molar-refractivity contribution >= 4 is 23.8 Å². The van der Waals surface area contributed by atoms with E-state index in [4.69, 9.17) is 23.2 Å². The lowest BCUT2D eigenvalue weighted by Gasteiger charge is -2.20. The highest BCUT2D eigenvalue weighted by molar-refractivity contribution is 7.86. The molecule has 0 saturated heterocycles. The summed E-state index contributed by atoms with van der Waals surface area (Å²) in [5, 5.41) is 9.60. The molecular formula is C21H22F3N6O3PS. The predicted octanol–water partition coefficient (Wildman–Crippen LogP) is 3.07. The van der Waals surface area contributed by atoms with Crippen LogP contribution in [0.25, 0.3) is 5.82 Å². The number of hydrogen-bond acceptors (Lipinski definition) is 6. The fourth-order valence-electron chi connectivity index (χ4n) is 3.18. The minimum Gasteiger partial charge on any atom is -0.741 e. The number of aryl methyl sites for hydroxylation is 4. The van der Waals surface area contributed by atoms with Gasteiger partial charge in [-0.25, -0.2) is 17.3 Å². The molecule has 0 bridgehead atoms. The number of rotatable bonds is 4. The molecule has 0 aromatic carbocycles. The number of hydrogen-bond donors (Lipinski definition) is 0. The molecule has 0 fully saturated rings. The molecule has 0 aliphatic carbocycles. The van der Waals surface area contributed by atoms with Crippen LogP contribution in [0.1, 0.15) is 22.8 Å². The molecule has 4 aromatic heterocycles. The van der Waals surface area contributed by atoms with Gasteiger partial charge in [0.25, 0.3) is 0 Å². The van der Waals surface area contributed by atoms with Gasteiger partial charge >= 0.3 is 11.3 Å². The minimum atomic E-state index is -6.09. The molecule has 0 amide bonds. The van der Waals surface area contributed by atoms with Crippen LogP contribution in [0.3, 0.4) is 0 Å². The Hall–Kier alpha value is -3.15. The third-order valence-corrected chi connectivity index (χ3v) is 7.42. The van der Waals surface area contributed by atoms with Crippen LogP contribution in [-0.2, 0) is 10.1 Å². The van der Waals surface area contributed by atoms with Gasteiger partial charge in [0.05, 0.1) is 17.6 Å². The van der Waals surface area contributed by atoms with Gasteiger partial charge in [-0.2, -0.15) is 27.9 Å². The van der Waals surface area contributed by atoms with Crippen LogP contribution in [0.4, 0.5) is 13.2 Å². The Labute approximate surface area is 201 Å². The molecule has 0 unspecified atom stereocenters. The van der Waals surface area contributed by atoms with Crippen molar-refractivity contribution in [3.8, 4) is 5.82 Å². The van der Waals surface area contributed by atoms with E-state index >= 15 is 0 Å². The van der Waals surface area contributed by atoms with Crippen LogP contribution in [0.15, 0.2) is 60.9 Å². The van der Waals surface area contributed by atoms with Crippen molar-refractivity contribution < 1.29 is 30.7 Å². The minimum absolute atomic E-state index is 0.878. The Morgan fingerprint density at radius 2 is 1.43 bits per heavy atom. The summed E-state index contributed by atoms with van der Waals surface area (Å²) in [6, 6.07) is 16.4. The van der Waals surface area contributed by atoms with Crippen LogP contribution in [0.5, 0.6) is 0 Å². The number of nitrogens with zero attached hydrogens (tertiary/aromatic N) is 6. The molecule has 0 radical (unpaired) electrons. The third-order valence-electron chi connectivity index (χ3n) is 4.55. The van der Waals surface area contributed by atoms with E-state index in [1.54, 1.807) is 0 Å². The first kappa shape index (κ1) is 26.5. The smallest absolute Gasteiger partial charge is 0.485 e. The maximum absolute atomic E-state index is 10.7. The van der Waals surface area contributed by atoms with Crippen LogP contribution in [0, 0.1) is 27.7 Å². The summed E-state index contributed by atoms with van der Waals surface area (Å²) in [6.45, 7) is 8.23. The number of pyridine rings is 2. The van der Waals surface area contributed by atoms with Crippen LogP contribution in [0.2, 0.25) is 0 Å². The van der Waals surface area contributed by atoms with Gasteiger partial charge < -0.3 is 4.55 Å². The van der Waals surface area contributed by atoms with Crippen molar-refractivity contribution in [3.05, 3.63) is 83.7 Å². The molecular weight excluding hydrogens is 504 g/mol. The summed E-state index contributed by atoms with van der Waals surface area (Å²) in [4.78, 5) is 4.55. The van der Waals surface area contributed by atoms with Crippen LogP contribution >= 0.6 is 8.22 Å². The molecule has 4 rings (SSSR count). The molecule has 0 atom stereocenters. The molecule has 186 valence electrons. The van der Waals surface area contributed by atoms with Crippen molar-refractivity contribution in [2.24, 2.45) is 0 Å². The predicted molar refractivity (Wildman–Crippen MR) is 122 cm³/mol. The topological polar surface area (TPSA) is 110 Å². The first-order valence-electron chi connectivity index (χ1n) is 10.1. The SMILES string of the molecule is Cc1cc(C)n(P(c2cccc[n+]2-c2ccccn2)n2nc(C)cc2C)n1.O=S(=O)([O-])C(F)(F)F. The molecule has 0 aliphatic heterocycles. The van der Waals surface area contributed by atoms with E-state index in [2.05, 4.69) is 56.6 Å². The number of halogens is 3. The fourth-order valence-corrected chi connectivity index (χ4v) is 5.47. The van der Waals surface area contributed by atoms with Gasteiger partial charge in [-0.15, -0.1) is 0 Å². The second-order valence-electron chi connectivity index (χ2n) is 7.44.